The Morgan fingerprint density at radius 1 is 1.77 bits per heavy atom. The Hall–Kier alpha value is -1.24. The Kier molecular flexibility index (Phi) is 3.13. The highest BCUT2D eigenvalue weighted by atomic mass is 32.2. The molecule has 0 aliphatic heterocycles. The Bertz CT molecular complexity index is 356. The summed E-state index contributed by atoms with van der Waals surface area (Å²) in [5, 5.41) is 6.78. The van der Waals surface area contributed by atoms with Crippen molar-refractivity contribution in [3.8, 4) is 0 Å². The van der Waals surface area contributed by atoms with Crippen molar-refractivity contribution in [2.45, 2.75) is 11.7 Å². The van der Waals surface area contributed by atoms with Crippen LogP contribution in [0.2, 0.25) is 0 Å². The summed E-state index contributed by atoms with van der Waals surface area (Å²) in [7, 11) is 1.51. The third kappa shape index (κ3) is 2.35. The molecule has 6 nitrogen and oxygen atoms in total. The van der Waals surface area contributed by atoms with Gasteiger partial charge in [0.15, 0.2) is 5.16 Å². The summed E-state index contributed by atoms with van der Waals surface area (Å²) in [6, 6.07) is 0. The van der Waals surface area contributed by atoms with Crippen LogP contribution in [0.5, 0.6) is 0 Å². The number of amides is 1. The number of likely N-dealkylation sites (N-methyl/N-ethyl adjacent to an activating group) is 1. The molecule has 7 heteroatoms. The largest absolute Gasteiger partial charge is 0.358 e. The molecule has 0 aliphatic rings. The number of carbonyl (C=O) groups is 1. The van der Waals surface area contributed by atoms with Crippen molar-refractivity contribution in [2.75, 3.05) is 13.3 Å². The number of carbonyl (C=O) groups excluding carboxylic acids is 1. The van der Waals surface area contributed by atoms with Crippen LogP contribution in [0.15, 0.2) is 9.95 Å². The second-order valence-electron chi connectivity index (χ2n) is 2.27. The maximum Gasteiger partial charge on any atom is 0.344 e. The quantitative estimate of drug-likeness (QED) is 0.619. The molecule has 0 saturated heterocycles. The first-order valence-electron chi connectivity index (χ1n) is 3.59. The van der Waals surface area contributed by atoms with Crippen LogP contribution in [0.1, 0.15) is 0 Å². The van der Waals surface area contributed by atoms with Crippen LogP contribution >= 0.6 is 11.8 Å². The van der Waals surface area contributed by atoms with E-state index in [4.69, 9.17) is 0 Å². The lowest BCUT2D eigenvalue weighted by Crippen LogP contribution is -2.29. The van der Waals surface area contributed by atoms with E-state index in [1.807, 2.05) is 0 Å². The second kappa shape index (κ2) is 4.13. The summed E-state index contributed by atoms with van der Waals surface area (Å²) < 4.78 is 1.09. The van der Waals surface area contributed by atoms with Crippen LogP contribution in [-0.4, -0.2) is 34.0 Å². The van der Waals surface area contributed by atoms with E-state index in [1.165, 1.54) is 18.8 Å². The highest BCUT2D eigenvalue weighted by Gasteiger charge is 2.06. The summed E-state index contributed by atoms with van der Waals surface area (Å²) in [6.07, 6.45) is 1.79. The zero-order valence-corrected chi connectivity index (χ0v) is 8.14. The van der Waals surface area contributed by atoms with Gasteiger partial charge in [0.25, 0.3) is 0 Å². The summed E-state index contributed by atoms with van der Waals surface area (Å²) >= 11 is 1.32. The van der Waals surface area contributed by atoms with Crippen LogP contribution in [0.3, 0.4) is 0 Å². The highest BCUT2D eigenvalue weighted by molar-refractivity contribution is 7.98. The topological polar surface area (TPSA) is 79.8 Å². The van der Waals surface area contributed by atoms with Crippen molar-refractivity contribution in [1.82, 2.24) is 20.1 Å². The van der Waals surface area contributed by atoms with Gasteiger partial charge >= 0.3 is 5.69 Å². The minimum absolute atomic E-state index is 0.0492. The van der Waals surface area contributed by atoms with E-state index in [0.29, 0.717) is 5.16 Å². The van der Waals surface area contributed by atoms with Gasteiger partial charge in [-0.25, -0.2) is 9.48 Å². The van der Waals surface area contributed by atoms with Gasteiger partial charge < -0.3 is 5.32 Å². The van der Waals surface area contributed by atoms with Crippen molar-refractivity contribution >= 4 is 17.7 Å². The number of nitrogens with one attached hydrogen (secondary N) is 2. The number of hydrogen-bond acceptors (Lipinski definition) is 4. The first kappa shape index (κ1) is 9.85. The van der Waals surface area contributed by atoms with Crippen molar-refractivity contribution in [3.63, 3.8) is 0 Å². The van der Waals surface area contributed by atoms with Crippen molar-refractivity contribution in [3.05, 3.63) is 10.5 Å². The first-order chi connectivity index (χ1) is 6.17. The molecule has 1 heterocycles. The highest BCUT2D eigenvalue weighted by Crippen LogP contribution is 2.02. The third-order valence-corrected chi connectivity index (χ3v) is 2.00. The van der Waals surface area contributed by atoms with E-state index in [9.17, 15) is 9.59 Å². The number of thioether (sulfide) groups is 1. The molecule has 13 heavy (non-hydrogen) atoms. The summed E-state index contributed by atoms with van der Waals surface area (Å²) in [6.45, 7) is -0.0492. The zero-order chi connectivity index (χ0) is 9.84. The fourth-order valence-electron chi connectivity index (χ4n) is 0.750. The molecule has 1 amide bonds. The van der Waals surface area contributed by atoms with Gasteiger partial charge in [0, 0.05) is 7.05 Å². The van der Waals surface area contributed by atoms with Gasteiger partial charge in [0.2, 0.25) is 5.91 Å². The van der Waals surface area contributed by atoms with Gasteiger partial charge in [0.05, 0.1) is 0 Å². The fraction of sp³-hybridized carbons (Fsp3) is 0.500. The Labute approximate surface area is 78.7 Å². The average Bonchev–Trinajstić information content (AvgIpc) is 2.47. The van der Waals surface area contributed by atoms with E-state index in [-0.39, 0.29) is 18.1 Å². The number of aromatic amines is 1. The number of nitrogens with zero attached hydrogens (tertiary/aromatic N) is 2. The molecule has 0 radical (unpaired) electrons. The molecule has 1 rings (SSSR count). The van der Waals surface area contributed by atoms with Crippen molar-refractivity contribution in [1.29, 1.82) is 0 Å². The van der Waals surface area contributed by atoms with Gasteiger partial charge in [0.1, 0.15) is 6.54 Å². The molecule has 0 bridgehead atoms. The average molecular weight is 202 g/mol. The van der Waals surface area contributed by atoms with Crippen LogP contribution in [-0.2, 0) is 11.3 Å². The lowest BCUT2D eigenvalue weighted by molar-refractivity contribution is -0.121. The van der Waals surface area contributed by atoms with Crippen LogP contribution in [0, 0.1) is 0 Å². The molecule has 0 aliphatic carbocycles. The summed E-state index contributed by atoms with van der Waals surface area (Å²) in [4.78, 5) is 24.5. The minimum Gasteiger partial charge on any atom is -0.358 e. The predicted molar refractivity (Wildman–Crippen MR) is 48.7 cm³/mol. The molecule has 0 fully saturated rings. The molecule has 2 N–H and O–H groups in total. The molecule has 1 aromatic rings. The predicted octanol–water partition coefficient (Wildman–Crippen LogP) is -0.961. The fourth-order valence-corrected chi connectivity index (χ4v) is 1.12. The second-order valence-corrected chi connectivity index (χ2v) is 3.07. The number of aromatic nitrogens is 3. The van der Waals surface area contributed by atoms with E-state index in [2.05, 4.69) is 15.4 Å². The lowest BCUT2D eigenvalue weighted by atomic mass is 10.6. The van der Waals surface area contributed by atoms with Gasteiger partial charge in [-0.2, -0.15) is 0 Å². The van der Waals surface area contributed by atoms with E-state index >= 15 is 0 Å². The monoisotopic (exact) mass is 202 g/mol. The van der Waals surface area contributed by atoms with E-state index in [1.54, 1.807) is 6.26 Å². The van der Waals surface area contributed by atoms with Gasteiger partial charge in [-0.05, 0) is 6.26 Å². The van der Waals surface area contributed by atoms with Crippen molar-refractivity contribution < 1.29 is 4.79 Å². The summed E-state index contributed by atoms with van der Waals surface area (Å²) in [5.41, 5.74) is -0.368. The number of hydrogen-bond donors (Lipinski definition) is 2. The van der Waals surface area contributed by atoms with Gasteiger partial charge in [-0.1, -0.05) is 11.8 Å². The maximum atomic E-state index is 11.1. The molecule has 0 spiro atoms. The molecular formula is C6H10N4O2S. The molecule has 0 saturated carbocycles. The van der Waals surface area contributed by atoms with E-state index in [0.717, 1.165) is 4.68 Å². The smallest absolute Gasteiger partial charge is 0.344 e. The molecular weight excluding hydrogens is 192 g/mol. The molecule has 1 aromatic heterocycles. The molecule has 0 atom stereocenters. The zero-order valence-electron chi connectivity index (χ0n) is 7.33. The Morgan fingerprint density at radius 3 is 2.92 bits per heavy atom. The summed E-state index contributed by atoms with van der Waals surface area (Å²) in [5.74, 6) is -0.249. The molecule has 0 aromatic carbocycles. The van der Waals surface area contributed by atoms with E-state index < -0.39 is 0 Å². The number of H-pyrrole nitrogens is 1. The maximum absolute atomic E-state index is 11.1. The van der Waals surface area contributed by atoms with Gasteiger partial charge in [-0.15, -0.1) is 5.10 Å². The molecule has 0 unspecified atom stereocenters. The SMILES string of the molecule is CNC(=O)Cn1nc(SC)[nH]c1=O. The Balaban J connectivity index is 2.83. The standard InChI is InChI=1S/C6H10N4O2S/c1-7-4(11)3-10-6(12)8-5(9-10)13-2/h3H2,1-2H3,(H,7,11)(H,8,9,12). The minimum atomic E-state index is -0.368. The normalized spacial score (nSPS) is 10.0. The van der Waals surface area contributed by atoms with Crippen LogP contribution in [0.4, 0.5) is 0 Å². The van der Waals surface area contributed by atoms with Gasteiger partial charge in [-0.3, -0.25) is 9.78 Å². The third-order valence-electron chi connectivity index (χ3n) is 1.43. The molecule has 72 valence electrons. The van der Waals surface area contributed by atoms with Crippen molar-refractivity contribution in [2.24, 2.45) is 0 Å². The Morgan fingerprint density at radius 2 is 2.46 bits per heavy atom. The first-order valence-corrected chi connectivity index (χ1v) is 4.81. The lowest BCUT2D eigenvalue weighted by Gasteiger charge is -1.96. The van der Waals surface area contributed by atoms with Crippen LogP contribution in [0.25, 0.3) is 0 Å². The van der Waals surface area contributed by atoms with Crippen LogP contribution < -0.4 is 11.0 Å². The number of rotatable bonds is 3.